The third-order valence-corrected chi connectivity index (χ3v) is 3.36. The molecule has 23 heavy (non-hydrogen) atoms. The minimum atomic E-state index is 0.485. The first-order chi connectivity index (χ1) is 11.2. The fourth-order valence-electron chi connectivity index (χ4n) is 1.94. The van der Waals surface area contributed by atoms with E-state index in [1.807, 2.05) is 46.1 Å². The van der Waals surface area contributed by atoms with Crippen LogP contribution in [-0.2, 0) is 4.74 Å². The quantitative estimate of drug-likeness (QED) is 0.528. The van der Waals surface area contributed by atoms with Crippen molar-refractivity contribution in [3.05, 3.63) is 59.7 Å². The Morgan fingerprint density at radius 1 is 1.26 bits per heavy atom. The second-order valence-electron chi connectivity index (χ2n) is 4.96. The molecule has 2 aliphatic rings. The molecule has 1 aliphatic carbocycles. The van der Waals surface area contributed by atoms with E-state index in [4.69, 9.17) is 4.74 Å². The van der Waals surface area contributed by atoms with E-state index in [1.54, 1.807) is 6.26 Å². The van der Waals surface area contributed by atoms with Crippen LogP contribution in [0, 0.1) is 5.92 Å². The van der Waals surface area contributed by atoms with Crippen molar-refractivity contribution in [2.45, 2.75) is 60.8 Å². The average molecular weight is 316 g/mol. The normalized spacial score (nSPS) is 21.3. The molecule has 0 bridgehead atoms. The van der Waals surface area contributed by atoms with Gasteiger partial charge in [-0.05, 0) is 36.5 Å². The molecular weight excluding hydrogens is 282 g/mol. The summed E-state index contributed by atoms with van der Waals surface area (Å²) in [5, 5.41) is 0. The summed E-state index contributed by atoms with van der Waals surface area (Å²) < 4.78 is 5.69. The Morgan fingerprint density at radius 2 is 1.96 bits per heavy atom. The van der Waals surface area contributed by atoms with Gasteiger partial charge in [0.1, 0.15) is 5.76 Å². The number of aliphatic imine (C=N–C) groups is 1. The van der Waals surface area contributed by atoms with Crippen LogP contribution in [0.25, 0.3) is 0 Å². The topological polar surface area (TPSA) is 21.6 Å². The molecule has 2 nitrogen and oxygen atoms in total. The Labute approximate surface area is 143 Å². The van der Waals surface area contributed by atoms with Gasteiger partial charge in [-0.1, -0.05) is 60.3 Å². The van der Waals surface area contributed by atoms with Gasteiger partial charge in [-0.25, -0.2) is 0 Å². The Kier molecular flexibility index (Phi) is 11.7. The largest absolute Gasteiger partial charge is 0.469 e. The first-order valence-corrected chi connectivity index (χ1v) is 8.88. The average Bonchev–Trinajstić information content (AvgIpc) is 2.61. The van der Waals surface area contributed by atoms with Crippen molar-refractivity contribution in [2.75, 3.05) is 0 Å². The highest BCUT2D eigenvalue weighted by molar-refractivity contribution is 5.63. The molecule has 0 saturated heterocycles. The number of allylic oxidation sites excluding steroid dienone is 7. The fourth-order valence-corrected chi connectivity index (χ4v) is 1.94. The zero-order valence-electron chi connectivity index (χ0n) is 15.7. The third kappa shape index (κ3) is 7.32. The smallest absolute Gasteiger partial charge is 0.111 e. The second-order valence-corrected chi connectivity index (χ2v) is 4.96. The summed E-state index contributed by atoms with van der Waals surface area (Å²) >= 11 is 0. The van der Waals surface area contributed by atoms with Crippen LogP contribution in [0.2, 0.25) is 0 Å². The minimum absolute atomic E-state index is 0.485. The van der Waals surface area contributed by atoms with Crippen LogP contribution in [-0.4, -0.2) is 6.21 Å². The number of hydrogen-bond donors (Lipinski definition) is 0. The molecule has 128 valence electrons. The van der Waals surface area contributed by atoms with E-state index >= 15 is 0 Å². The minimum Gasteiger partial charge on any atom is -0.469 e. The van der Waals surface area contributed by atoms with Crippen molar-refractivity contribution in [3.8, 4) is 0 Å². The zero-order chi connectivity index (χ0) is 17.7. The van der Waals surface area contributed by atoms with Crippen molar-refractivity contribution in [2.24, 2.45) is 10.9 Å². The molecule has 0 aromatic carbocycles. The molecule has 0 aromatic rings. The van der Waals surface area contributed by atoms with Crippen LogP contribution in [0.1, 0.15) is 60.8 Å². The van der Waals surface area contributed by atoms with E-state index in [2.05, 4.69) is 37.6 Å². The van der Waals surface area contributed by atoms with Crippen molar-refractivity contribution >= 4 is 6.21 Å². The molecule has 1 aliphatic heterocycles. The Bertz CT molecular complexity index is 504. The van der Waals surface area contributed by atoms with Gasteiger partial charge in [0.2, 0.25) is 0 Å². The van der Waals surface area contributed by atoms with E-state index in [9.17, 15) is 0 Å². The summed E-state index contributed by atoms with van der Waals surface area (Å²) in [4.78, 5) is 4.51. The summed E-state index contributed by atoms with van der Waals surface area (Å²) in [5.41, 5.74) is 2.94. The molecular formula is C21H33NO. The summed E-state index contributed by atoms with van der Waals surface area (Å²) in [5.74, 6) is 1.49. The van der Waals surface area contributed by atoms with Gasteiger partial charge < -0.3 is 4.74 Å². The first-order valence-electron chi connectivity index (χ1n) is 8.88. The van der Waals surface area contributed by atoms with Crippen LogP contribution in [0.4, 0.5) is 0 Å². The fraction of sp³-hybridized carbons (Fsp3) is 0.476. The van der Waals surface area contributed by atoms with E-state index < -0.39 is 0 Å². The number of rotatable bonds is 3. The summed E-state index contributed by atoms with van der Waals surface area (Å²) in [7, 11) is 0. The van der Waals surface area contributed by atoms with E-state index in [0.29, 0.717) is 5.92 Å². The van der Waals surface area contributed by atoms with E-state index in [-0.39, 0.29) is 0 Å². The van der Waals surface area contributed by atoms with Gasteiger partial charge in [0.15, 0.2) is 0 Å². The number of nitrogens with zero attached hydrogens (tertiary/aromatic N) is 1. The maximum absolute atomic E-state index is 5.69. The Morgan fingerprint density at radius 3 is 2.61 bits per heavy atom. The van der Waals surface area contributed by atoms with Crippen LogP contribution >= 0.6 is 0 Å². The molecule has 2 heteroatoms. The summed E-state index contributed by atoms with van der Waals surface area (Å²) in [6, 6.07) is 0. The second kappa shape index (κ2) is 12.7. The predicted molar refractivity (Wildman–Crippen MR) is 103 cm³/mol. The number of ether oxygens (including phenoxy) is 1. The summed E-state index contributed by atoms with van der Waals surface area (Å²) in [6.07, 6.45) is 14.9. The highest BCUT2D eigenvalue weighted by Gasteiger charge is 2.13. The van der Waals surface area contributed by atoms with Gasteiger partial charge >= 0.3 is 0 Å². The van der Waals surface area contributed by atoms with Gasteiger partial charge in [0.05, 0.1) is 12.0 Å². The third-order valence-electron chi connectivity index (χ3n) is 3.36. The standard InChI is InChI=1S/C17H21NO.2C2H6/c1-4-13(2)12-18-15-9-10-19-17-8-6-5-7-16(17)14(3)11-15;2*1-2/h5,7,9-13H,3-4,6,8H2,1-2H3;2*1-2H3/b10-9-,15-11+,18-12?;;. The van der Waals surface area contributed by atoms with Crippen molar-refractivity contribution in [1.29, 1.82) is 0 Å². The van der Waals surface area contributed by atoms with Crippen LogP contribution in [0.3, 0.4) is 0 Å². The van der Waals surface area contributed by atoms with Crippen molar-refractivity contribution < 1.29 is 4.74 Å². The molecule has 2 rings (SSSR count). The van der Waals surface area contributed by atoms with Gasteiger partial charge in [0.25, 0.3) is 0 Å². The molecule has 0 aromatic heterocycles. The van der Waals surface area contributed by atoms with Gasteiger partial charge in [-0.3, -0.25) is 4.99 Å². The lowest BCUT2D eigenvalue weighted by Crippen LogP contribution is -2.00. The maximum Gasteiger partial charge on any atom is 0.111 e. The molecule has 0 spiro atoms. The molecule has 0 amide bonds. The Hall–Kier alpha value is -1.83. The van der Waals surface area contributed by atoms with E-state index in [0.717, 1.165) is 41.9 Å². The lowest BCUT2D eigenvalue weighted by molar-refractivity contribution is 0.328. The SMILES string of the molecule is C=C1/C=C(N=CC(C)CC)\C=C/OC2=C1C=CCC2.CC.CC. The summed E-state index contributed by atoms with van der Waals surface area (Å²) in [6.45, 7) is 16.4. The van der Waals surface area contributed by atoms with Gasteiger partial charge in [0, 0.05) is 18.2 Å². The van der Waals surface area contributed by atoms with Crippen molar-refractivity contribution in [1.82, 2.24) is 0 Å². The molecule has 1 atom stereocenters. The van der Waals surface area contributed by atoms with Crippen LogP contribution in [0.15, 0.2) is 64.7 Å². The van der Waals surface area contributed by atoms with Crippen LogP contribution in [0.5, 0.6) is 0 Å². The highest BCUT2D eigenvalue weighted by atomic mass is 16.5. The lowest BCUT2D eigenvalue weighted by Gasteiger charge is -2.17. The maximum atomic E-state index is 5.69. The monoisotopic (exact) mass is 315 g/mol. The lowest BCUT2D eigenvalue weighted by atomic mass is 9.97. The Balaban J connectivity index is 0.00000112. The zero-order valence-corrected chi connectivity index (χ0v) is 15.7. The number of hydrogen-bond acceptors (Lipinski definition) is 2. The van der Waals surface area contributed by atoms with E-state index in [1.165, 1.54) is 0 Å². The molecule has 1 heterocycles. The van der Waals surface area contributed by atoms with Crippen molar-refractivity contribution in [3.63, 3.8) is 0 Å². The van der Waals surface area contributed by atoms with Gasteiger partial charge in [-0.2, -0.15) is 0 Å². The predicted octanol–water partition coefficient (Wildman–Crippen LogP) is 6.74. The van der Waals surface area contributed by atoms with Gasteiger partial charge in [-0.15, -0.1) is 0 Å². The molecule has 0 N–H and O–H groups in total. The molecule has 0 radical (unpaired) electrons. The molecule has 0 saturated carbocycles. The first kappa shape index (κ1) is 21.2. The van der Waals surface area contributed by atoms with Crippen LogP contribution < -0.4 is 0 Å². The highest BCUT2D eigenvalue weighted by Crippen LogP contribution is 2.28. The molecule has 1 unspecified atom stereocenters. The molecule has 0 fully saturated rings.